The maximum absolute atomic E-state index is 4.53. The number of rotatable bonds is 4. The van der Waals surface area contributed by atoms with E-state index >= 15 is 0 Å². The Morgan fingerprint density at radius 1 is 1.37 bits per heavy atom. The van der Waals surface area contributed by atoms with E-state index in [9.17, 15) is 0 Å². The highest BCUT2D eigenvalue weighted by molar-refractivity contribution is 7.15. The first kappa shape index (κ1) is 12.6. The van der Waals surface area contributed by atoms with Crippen molar-refractivity contribution < 1.29 is 0 Å². The summed E-state index contributed by atoms with van der Waals surface area (Å²) in [6, 6.07) is 4.13. The number of allylic oxidation sites excluding steroid dienone is 2. The average molecular weight is 289 g/mol. The minimum atomic E-state index is 0.564. The van der Waals surface area contributed by atoms with Crippen molar-refractivity contribution in [2.75, 3.05) is 5.43 Å². The molecule has 0 amide bonds. The van der Waals surface area contributed by atoms with Gasteiger partial charge in [-0.2, -0.15) is 5.10 Å². The largest absolute Gasteiger partial charge is 0.253 e. The van der Waals surface area contributed by atoms with Crippen LogP contribution in [-0.4, -0.2) is 11.2 Å². The highest BCUT2D eigenvalue weighted by Gasteiger charge is 2.07. The Morgan fingerprint density at radius 2 is 2.37 bits per heavy atom. The molecule has 0 spiro atoms. The van der Waals surface area contributed by atoms with Gasteiger partial charge >= 0.3 is 0 Å². The van der Waals surface area contributed by atoms with Gasteiger partial charge in [0, 0.05) is 11.6 Å². The van der Waals surface area contributed by atoms with Crippen molar-refractivity contribution in [3.05, 3.63) is 35.0 Å². The van der Waals surface area contributed by atoms with Gasteiger partial charge in [-0.15, -0.1) is 22.7 Å². The first-order chi connectivity index (χ1) is 9.42. The summed E-state index contributed by atoms with van der Waals surface area (Å²) in [5.74, 6) is 0.564. The van der Waals surface area contributed by atoms with Crippen LogP contribution in [0, 0.1) is 5.92 Å². The predicted molar refractivity (Wildman–Crippen MR) is 84.0 cm³/mol. The lowest BCUT2D eigenvalue weighted by Gasteiger charge is -2.11. The summed E-state index contributed by atoms with van der Waals surface area (Å²) in [6.45, 7) is 0. The number of hydrogen-bond donors (Lipinski definition) is 1. The van der Waals surface area contributed by atoms with Gasteiger partial charge in [-0.1, -0.05) is 18.2 Å². The number of thiazole rings is 1. The first-order valence-corrected chi connectivity index (χ1v) is 8.11. The Kier molecular flexibility index (Phi) is 4.05. The molecule has 3 rings (SSSR count). The van der Waals surface area contributed by atoms with E-state index in [-0.39, 0.29) is 0 Å². The molecule has 0 unspecified atom stereocenters. The lowest BCUT2D eigenvalue weighted by atomic mass is 9.96. The van der Waals surface area contributed by atoms with Crippen LogP contribution < -0.4 is 5.43 Å². The number of hydrogen-bond acceptors (Lipinski definition) is 5. The van der Waals surface area contributed by atoms with E-state index in [1.807, 2.05) is 12.3 Å². The summed E-state index contributed by atoms with van der Waals surface area (Å²) in [5, 5.41) is 9.28. The molecular formula is C14H15N3S2. The molecule has 2 aromatic heterocycles. The van der Waals surface area contributed by atoms with E-state index in [1.165, 1.54) is 11.3 Å². The molecule has 19 heavy (non-hydrogen) atoms. The summed E-state index contributed by atoms with van der Waals surface area (Å²) in [5.41, 5.74) is 4.06. The van der Waals surface area contributed by atoms with Crippen molar-refractivity contribution in [1.82, 2.24) is 4.98 Å². The zero-order valence-electron chi connectivity index (χ0n) is 10.5. The SMILES string of the molecule is C1=CC[C@H](/C=N\Nc2nc(-c3cccs3)cs2)CC1. The quantitative estimate of drug-likeness (QED) is 0.506. The molecule has 0 bridgehead atoms. The van der Waals surface area contributed by atoms with Crippen LogP contribution in [0.2, 0.25) is 0 Å². The number of thiophene rings is 1. The zero-order valence-corrected chi connectivity index (χ0v) is 12.1. The zero-order chi connectivity index (χ0) is 12.9. The molecule has 1 aliphatic rings. The fourth-order valence-electron chi connectivity index (χ4n) is 2.01. The standard InChI is InChI=1S/C14H15N3S2/c1-2-5-11(6-3-1)9-15-17-14-16-12(10-19-14)13-7-4-8-18-13/h1-2,4,7-11H,3,5-6H2,(H,16,17)/b15-9-/t11-/m0/s1. The van der Waals surface area contributed by atoms with Crippen LogP contribution in [0.5, 0.6) is 0 Å². The summed E-state index contributed by atoms with van der Waals surface area (Å²) >= 11 is 3.30. The lowest BCUT2D eigenvalue weighted by molar-refractivity contribution is 0.627. The van der Waals surface area contributed by atoms with Crippen molar-refractivity contribution in [2.24, 2.45) is 11.0 Å². The van der Waals surface area contributed by atoms with Crippen molar-refractivity contribution in [3.8, 4) is 10.6 Å². The average Bonchev–Trinajstić information content (AvgIpc) is 3.10. The Labute approximate surface area is 120 Å². The molecule has 0 radical (unpaired) electrons. The number of nitrogens with one attached hydrogen (secondary N) is 1. The molecule has 0 aliphatic heterocycles. The van der Waals surface area contributed by atoms with Gasteiger partial charge in [0.25, 0.3) is 0 Å². The van der Waals surface area contributed by atoms with E-state index in [2.05, 4.69) is 44.5 Å². The van der Waals surface area contributed by atoms with E-state index in [0.717, 1.165) is 23.7 Å². The second kappa shape index (κ2) is 6.12. The van der Waals surface area contributed by atoms with Gasteiger partial charge in [-0.3, -0.25) is 5.43 Å². The maximum atomic E-state index is 4.53. The van der Waals surface area contributed by atoms with Crippen LogP contribution in [-0.2, 0) is 0 Å². The van der Waals surface area contributed by atoms with Crippen LogP contribution in [0.25, 0.3) is 10.6 Å². The molecular weight excluding hydrogens is 274 g/mol. The third-order valence-electron chi connectivity index (χ3n) is 3.03. The predicted octanol–water partition coefficient (Wildman–Crippen LogP) is 4.63. The van der Waals surface area contributed by atoms with Crippen LogP contribution in [0.1, 0.15) is 19.3 Å². The normalized spacial score (nSPS) is 19.1. The summed E-state index contributed by atoms with van der Waals surface area (Å²) in [6.07, 6.45) is 9.94. The molecule has 2 aromatic rings. The van der Waals surface area contributed by atoms with E-state index < -0.39 is 0 Å². The van der Waals surface area contributed by atoms with Crippen molar-refractivity contribution in [3.63, 3.8) is 0 Å². The first-order valence-electron chi connectivity index (χ1n) is 6.35. The van der Waals surface area contributed by atoms with Gasteiger partial charge in [-0.25, -0.2) is 4.98 Å². The molecule has 0 saturated heterocycles. The molecule has 0 aromatic carbocycles. The van der Waals surface area contributed by atoms with Gasteiger partial charge in [0.15, 0.2) is 0 Å². The second-order valence-electron chi connectivity index (χ2n) is 4.45. The van der Waals surface area contributed by atoms with Crippen molar-refractivity contribution in [1.29, 1.82) is 0 Å². The van der Waals surface area contributed by atoms with Crippen molar-refractivity contribution in [2.45, 2.75) is 19.3 Å². The van der Waals surface area contributed by atoms with Crippen molar-refractivity contribution >= 4 is 34.0 Å². The summed E-state index contributed by atoms with van der Waals surface area (Å²) < 4.78 is 0. The van der Waals surface area contributed by atoms with Crippen LogP contribution in [0.3, 0.4) is 0 Å². The molecule has 1 aliphatic carbocycles. The Morgan fingerprint density at radius 3 is 3.16 bits per heavy atom. The maximum Gasteiger partial charge on any atom is 0.203 e. The Balaban J connectivity index is 1.58. The molecule has 98 valence electrons. The molecule has 3 nitrogen and oxygen atoms in total. The molecule has 1 atom stereocenters. The Hall–Kier alpha value is -1.46. The molecule has 2 heterocycles. The van der Waals surface area contributed by atoms with Crippen LogP contribution in [0.4, 0.5) is 5.13 Å². The minimum absolute atomic E-state index is 0.564. The summed E-state index contributed by atoms with van der Waals surface area (Å²) in [7, 11) is 0. The Bertz CT molecular complexity index is 569. The smallest absolute Gasteiger partial charge is 0.203 e. The fourth-order valence-corrected chi connectivity index (χ4v) is 3.43. The highest BCUT2D eigenvalue weighted by Crippen LogP contribution is 2.28. The number of nitrogens with zero attached hydrogens (tertiary/aromatic N) is 2. The van der Waals surface area contributed by atoms with E-state index in [1.54, 1.807) is 22.7 Å². The molecule has 0 saturated carbocycles. The van der Waals surface area contributed by atoms with Gasteiger partial charge < -0.3 is 0 Å². The van der Waals surface area contributed by atoms with Gasteiger partial charge in [0.2, 0.25) is 5.13 Å². The van der Waals surface area contributed by atoms with Gasteiger partial charge in [0.1, 0.15) is 0 Å². The van der Waals surface area contributed by atoms with Crippen LogP contribution >= 0.6 is 22.7 Å². The third kappa shape index (κ3) is 3.30. The van der Waals surface area contributed by atoms with Gasteiger partial charge in [-0.05, 0) is 36.6 Å². The van der Waals surface area contributed by atoms with E-state index in [4.69, 9.17) is 0 Å². The highest BCUT2D eigenvalue weighted by atomic mass is 32.1. The second-order valence-corrected chi connectivity index (χ2v) is 6.26. The van der Waals surface area contributed by atoms with Crippen LogP contribution in [0.15, 0.2) is 40.1 Å². The number of hydrazone groups is 1. The topological polar surface area (TPSA) is 37.3 Å². The minimum Gasteiger partial charge on any atom is -0.253 e. The third-order valence-corrected chi connectivity index (χ3v) is 4.67. The monoisotopic (exact) mass is 289 g/mol. The lowest BCUT2D eigenvalue weighted by Crippen LogP contribution is -2.04. The molecule has 1 N–H and O–H groups in total. The molecule has 5 heteroatoms. The number of aromatic nitrogens is 1. The number of anilines is 1. The van der Waals surface area contributed by atoms with E-state index in [0.29, 0.717) is 5.92 Å². The summed E-state index contributed by atoms with van der Waals surface area (Å²) in [4.78, 5) is 5.73. The van der Waals surface area contributed by atoms with Gasteiger partial charge in [0.05, 0.1) is 10.6 Å². The fraction of sp³-hybridized carbons (Fsp3) is 0.286. The molecule has 0 fully saturated rings.